The number of rotatable bonds is 3. The van der Waals surface area contributed by atoms with Crippen molar-refractivity contribution in [3.8, 4) is 5.75 Å². The van der Waals surface area contributed by atoms with Crippen LogP contribution in [0.2, 0.25) is 0 Å². The number of aryl methyl sites for hydroxylation is 1. The fraction of sp³-hybridized carbons (Fsp3) is 0.125. The summed E-state index contributed by atoms with van der Waals surface area (Å²) < 4.78 is 0. The van der Waals surface area contributed by atoms with Crippen molar-refractivity contribution in [1.82, 2.24) is 10.3 Å². The van der Waals surface area contributed by atoms with Crippen molar-refractivity contribution in [2.75, 3.05) is 0 Å². The standard InChI is InChI=1S/C16H14N2O2S/c1-10-8-17-14(21-10)9-18-16(20)13-7-6-11-4-2-3-5-12(11)15(13)19/h2-8,19H,9H2,1H3,(H,18,20). The molecule has 0 unspecified atom stereocenters. The molecule has 0 aliphatic rings. The van der Waals surface area contributed by atoms with Gasteiger partial charge in [-0.1, -0.05) is 30.3 Å². The third-order valence-electron chi connectivity index (χ3n) is 3.21. The van der Waals surface area contributed by atoms with E-state index < -0.39 is 0 Å². The molecule has 0 radical (unpaired) electrons. The van der Waals surface area contributed by atoms with Gasteiger partial charge in [-0.25, -0.2) is 4.98 Å². The van der Waals surface area contributed by atoms with Gasteiger partial charge < -0.3 is 10.4 Å². The first-order chi connectivity index (χ1) is 10.1. The Hall–Kier alpha value is -2.40. The number of fused-ring (bicyclic) bond motifs is 1. The predicted octanol–water partition coefficient (Wildman–Crippen LogP) is 3.24. The minimum absolute atomic E-state index is 0.0147. The monoisotopic (exact) mass is 298 g/mol. The van der Waals surface area contributed by atoms with Crippen molar-refractivity contribution >= 4 is 28.0 Å². The number of hydrogen-bond acceptors (Lipinski definition) is 4. The normalized spacial score (nSPS) is 10.7. The van der Waals surface area contributed by atoms with Crippen LogP contribution in [0.1, 0.15) is 20.2 Å². The van der Waals surface area contributed by atoms with Crippen molar-refractivity contribution in [3.63, 3.8) is 0 Å². The van der Waals surface area contributed by atoms with Crippen molar-refractivity contribution in [3.05, 3.63) is 58.0 Å². The fourth-order valence-corrected chi connectivity index (χ4v) is 2.90. The molecule has 106 valence electrons. The zero-order valence-electron chi connectivity index (χ0n) is 11.5. The largest absolute Gasteiger partial charge is 0.506 e. The lowest BCUT2D eigenvalue weighted by atomic mass is 10.0. The molecule has 2 N–H and O–H groups in total. The summed E-state index contributed by atoms with van der Waals surface area (Å²) in [5.74, 6) is -0.285. The predicted molar refractivity (Wildman–Crippen MR) is 83.6 cm³/mol. The highest BCUT2D eigenvalue weighted by atomic mass is 32.1. The molecule has 0 saturated heterocycles. The van der Waals surface area contributed by atoms with Crippen LogP contribution >= 0.6 is 11.3 Å². The van der Waals surface area contributed by atoms with Crippen LogP contribution in [0.25, 0.3) is 10.8 Å². The number of amides is 1. The van der Waals surface area contributed by atoms with E-state index in [1.807, 2.05) is 31.2 Å². The molecule has 1 heterocycles. The zero-order chi connectivity index (χ0) is 14.8. The quantitative estimate of drug-likeness (QED) is 0.780. The van der Waals surface area contributed by atoms with E-state index in [4.69, 9.17) is 0 Å². The van der Waals surface area contributed by atoms with E-state index >= 15 is 0 Å². The second-order valence-electron chi connectivity index (χ2n) is 4.73. The molecule has 0 aliphatic carbocycles. The minimum atomic E-state index is -0.300. The lowest BCUT2D eigenvalue weighted by Crippen LogP contribution is -2.22. The van der Waals surface area contributed by atoms with Crippen LogP contribution in [0.4, 0.5) is 0 Å². The van der Waals surface area contributed by atoms with Gasteiger partial charge in [0.1, 0.15) is 10.8 Å². The summed E-state index contributed by atoms with van der Waals surface area (Å²) in [6.07, 6.45) is 1.78. The third-order valence-corrected chi connectivity index (χ3v) is 4.13. The van der Waals surface area contributed by atoms with Gasteiger partial charge >= 0.3 is 0 Å². The van der Waals surface area contributed by atoms with Gasteiger partial charge in [0.15, 0.2) is 0 Å². The molecular formula is C16H14N2O2S. The van der Waals surface area contributed by atoms with Gasteiger partial charge in [-0.05, 0) is 18.4 Å². The lowest BCUT2D eigenvalue weighted by Gasteiger charge is -2.08. The van der Waals surface area contributed by atoms with Gasteiger partial charge in [0.05, 0.1) is 12.1 Å². The molecular weight excluding hydrogens is 284 g/mol. The van der Waals surface area contributed by atoms with Crippen LogP contribution in [0.3, 0.4) is 0 Å². The first-order valence-electron chi connectivity index (χ1n) is 6.55. The topological polar surface area (TPSA) is 62.2 Å². The van der Waals surface area contributed by atoms with E-state index in [0.717, 1.165) is 15.3 Å². The Bertz CT molecular complexity index is 811. The van der Waals surface area contributed by atoms with Crippen molar-refractivity contribution in [1.29, 1.82) is 0 Å². The van der Waals surface area contributed by atoms with Crippen molar-refractivity contribution in [2.45, 2.75) is 13.5 Å². The van der Waals surface area contributed by atoms with E-state index in [1.165, 1.54) is 0 Å². The van der Waals surface area contributed by atoms with E-state index in [0.29, 0.717) is 11.9 Å². The number of carbonyl (C=O) groups excluding carboxylic acids is 1. The van der Waals surface area contributed by atoms with E-state index in [-0.39, 0.29) is 17.2 Å². The molecule has 0 aliphatic heterocycles. The maximum Gasteiger partial charge on any atom is 0.255 e. The Morgan fingerprint density at radius 2 is 2.10 bits per heavy atom. The smallest absolute Gasteiger partial charge is 0.255 e. The van der Waals surface area contributed by atoms with E-state index in [9.17, 15) is 9.90 Å². The van der Waals surface area contributed by atoms with Gasteiger partial charge in [-0.2, -0.15) is 0 Å². The molecule has 0 spiro atoms. The van der Waals surface area contributed by atoms with Crippen LogP contribution in [-0.2, 0) is 6.54 Å². The lowest BCUT2D eigenvalue weighted by molar-refractivity contribution is 0.0948. The molecule has 0 atom stereocenters. The van der Waals surface area contributed by atoms with Crippen LogP contribution in [0.5, 0.6) is 5.75 Å². The number of nitrogens with one attached hydrogen (secondary N) is 1. The molecule has 1 aromatic heterocycles. The first-order valence-corrected chi connectivity index (χ1v) is 7.37. The number of thiazole rings is 1. The Balaban J connectivity index is 1.82. The number of aromatic hydroxyl groups is 1. The second-order valence-corrected chi connectivity index (χ2v) is 6.05. The second kappa shape index (κ2) is 5.54. The summed E-state index contributed by atoms with van der Waals surface area (Å²) in [6.45, 7) is 2.34. The van der Waals surface area contributed by atoms with Gasteiger partial charge in [0.2, 0.25) is 0 Å². The Labute approximate surface area is 126 Å². The summed E-state index contributed by atoms with van der Waals surface area (Å²) in [5, 5.41) is 15.5. The maximum atomic E-state index is 12.2. The minimum Gasteiger partial charge on any atom is -0.506 e. The third kappa shape index (κ3) is 2.73. The van der Waals surface area contributed by atoms with E-state index in [2.05, 4.69) is 10.3 Å². The van der Waals surface area contributed by atoms with Crippen LogP contribution in [-0.4, -0.2) is 16.0 Å². The molecule has 3 rings (SSSR count). The number of phenols is 1. The van der Waals surface area contributed by atoms with Crippen LogP contribution < -0.4 is 5.32 Å². The highest BCUT2D eigenvalue weighted by molar-refractivity contribution is 7.11. The van der Waals surface area contributed by atoms with Gasteiger partial charge in [-0.15, -0.1) is 11.3 Å². The summed E-state index contributed by atoms with van der Waals surface area (Å²) >= 11 is 1.54. The summed E-state index contributed by atoms with van der Waals surface area (Å²) in [5.41, 5.74) is 0.280. The number of aromatic nitrogens is 1. The zero-order valence-corrected chi connectivity index (χ0v) is 12.3. The summed E-state index contributed by atoms with van der Waals surface area (Å²) in [4.78, 5) is 17.5. The number of hydrogen-bond donors (Lipinski definition) is 2. The molecule has 5 heteroatoms. The molecule has 1 amide bonds. The molecule has 4 nitrogen and oxygen atoms in total. The maximum absolute atomic E-state index is 12.2. The van der Waals surface area contributed by atoms with Crippen molar-refractivity contribution in [2.24, 2.45) is 0 Å². The summed E-state index contributed by atoms with van der Waals surface area (Å²) in [6, 6.07) is 10.9. The molecule has 3 aromatic rings. The number of carbonyl (C=O) groups is 1. The first kappa shape index (κ1) is 13.6. The van der Waals surface area contributed by atoms with Crippen molar-refractivity contribution < 1.29 is 9.90 Å². The number of benzene rings is 2. The Kier molecular flexibility index (Phi) is 3.58. The molecule has 21 heavy (non-hydrogen) atoms. The Morgan fingerprint density at radius 1 is 1.29 bits per heavy atom. The van der Waals surface area contributed by atoms with Crippen LogP contribution in [0.15, 0.2) is 42.6 Å². The van der Waals surface area contributed by atoms with Gasteiger partial charge in [0, 0.05) is 16.5 Å². The average Bonchev–Trinajstić information content (AvgIpc) is 2.91. The highest BCUT2D eigenvalue weighted by Crippen LogP contribution is 2.28. The molecule has 0 fully saturated rings. The molecule has 0 saturated carbocycles. The average molecular weight is 298 g/mol. The van der Waals surface area contributed by atoms with E-state index in [1.54, 1.807) is 29.7 Å². The Morgan fingerprint density at radius 3 is 2.86 bits per heavy atom. The van der Waals surface area contributed by atoms with Gasteiger partial charge in [0.25, 0.3) is 5.91 Å². The van der Waals surface area contributed by atoms with Gasteiger partial charge in [-0.3, -0.25) is 4.79 Å². The number of nitrogens with zero attached hydrogens (tertiary/aromatic N) is 1. The number of phenolic OH excluding ortho intramolecular Hbond substituents is 1. The summed E-state index contributed by atoms with van der Waals surface area (Å²) in [7, 11) is 0. The fourth-order valence-electron chi connectivity index (χ4n) is 2.17. The van der Waals surface area contributed by atoms with Crippen LogP contribution in [0, 0.1) is 6.92 Å². The SMILES string of the molecule is Cc1cnc(CNC(=O)c2ccc3ccccc3c2O)s1. The molecule has 0 bridgehead atoms. The highest BCUT2D eigenvalue weighted by Gasteiger charge is 2.13. The molecule has 2 aromatic carbocycles.